The molecule has 0 saturated carbocycles. The Morgan fingerprint density at radius 3 is 2.95 bits per heavy atom. The van der Waals surface area contributed by atoms with Gasteiger partial charge >= 0.3 is 0 Å². The number of hydrogen-bond acceptors (Lipinski definition) is 4. The second kappa shape index (κ2) is 5.61. The number of aromatic nitrogens is 4. The molecule has 0 saturated heterocycles. The van der Waals surface area contributed by atoms with Crippen molar-refractivity contribution in [1.82, 2.24) is 19.4 Å². The molecule has 3 aromatic rings. The normalized spacial score (nSPS) is 10.8. The monoisotopic (exact) mass is 317 g/mol. The zero-order valence-corrected chi connectivity index (χ0v) is 12.4. The summed E-state index contributed by atoms with van der Waals surface area (Å²) < 4.78 is 2.58. The zero-order valence-electron chi connectivity index (χ0n) is 11.7. The van der Waals surface area contributed by atoms with Gasteiger partial charge in [-0.1, -0.05) is 24.6 Å². The van der Waals surface area contributed by atoms with Crippen LogP contribution in [-0.2, 0) is 4.79 Å². The maximum Gasteiger partial charge on any atom is 0.283 e. The molecule has 1 N–H and O–H groups in total. The van der Waals surface area contributed by atoms with Crippen LogP contribution in [0.5, 0.6) is 0 Å². The van der Waals surface area contributed by atoms with Crippen LogP contribution in [0.15, 0.2) is 41.6 Å². The van der Waals surface area contributed by atoms with E-state index in [1.54, 1.807) is 25.1 Å². The van der Waals surface area contributed by atoms with Gasteiger partial charge in [-0.15, -0.1) is 0 Å². The number of carbonyl (C=O) groups is 1. The van der Waals surface area contributed by atoms with Gasteiger partial charge in [-0.2, -0.15) is 5.10 Å². The Kier molecular flexibility index (Phi) is 3.64. The van der Waals surface area contributed by atoms with Gasteiger partial charge in [0.2, 0.25) is 5.91 Å². The average Bonchev–Trinajstić information content (AvgIpc) is 2.94. The first kappa shape index (κ1) is 14.3. The Balaban J connectivity index is 2.12. The van der Waals surface area contributed by atoms with Gasteiger partial charge < -0.3 is 0 Å². The Morgan fingerprint density at radius 1 is 1.41 bits per heavy atom. The SMILES string of the molecule is CCC(=O)Nn1cnc2c(cnn2-c2cccc(Cl)c2)c1=O. The predicted octanol–water partition coefficient (Wildman–Crippen LogP) is 1.72. The largest absolute Gasteiger partial charge is 0.283 e. The van der Waals surface area contributed by atoms with Gasteiger partial charge in [0.1, 0.15) is 11.7 Å². The highest BCUT2D eigenvalue weighted by molar-refractivity contribution is 6.30. The Labute approximate surface area is 130 Å². The molecule has 1 aromatic carbocycles. The zero-order chi connectivity index (χ0) is 15.7. The lowest BCUT2D eigenvalue weighted by Gasteiger charge is -2.07. The van der Waals surface area contributed by atoms with Crippen molar-refractivity contribution in [2.45, 2.75) is 13.3 Å². The fraction of sp³-hybridized carbons (Fsp3) is 0.143. The number of carbonyl (C=O) groups excluding carboxylic acids is 1. The Bertz CT molecular complexity index is 915. The summed E-state index contributed by atoms with van der Waals surface area (Å²) >= 11 is 5.97. The lowest BCUT2D eigenvalue weighted by Crippen LogP contribution is -2.32. The molecule has 0 spiro atoms. The molecule has 0 fully saturated rings. The molecule has 2 aromatic heterocycles. The number of halogens is 1. The minimum absolute atomic E-state index is 0.270. The van der Waals surface area contributed by atoms with E-state index in [0.29, 0.717) is 21.7 Å². The number of fused-ring (bicyclic) bond motifs is 1. The average molecular weight is 318 g/mol. The quantitative estimate of drug-likeness (QED) is 0.797. The fourth-order valence-corrected chi connectivity index (χ4v) is 2.19. The van der Waals surface area contributed by atoms with E-state index >= 15 is 0 Å². The summed E-state index contributed by atoms with van der Waals surface area (Å²) in [6.45, 7) is 1.70. The number of amides is 1. The molecule has 0 aliphatic carbocycles. The van der Waals surface area contributed by atoms with Crippen molar-refractivity contribution < 1.29 is 4.79 Å². The number of rotatable bonds is 3. The molecule has 0 atom stereocenters. The first-order valence-corrected chi connectivity index (χ1v) is 6.99. The summed E-state index contributed by atoms with van der Waals surface area (Å²) in [7, 11) is 0. The summed E-state index contributed by atoms with van der Waals surface area (Å²) in [6.07, 6.45) is 2.95. The number of nitrogens with zero attached hydrogens (tertiary/aromatic N) is 4. The molecule has 3 rings (SSSR count). The third kappa shape index (κ3) is 2.46. The minimum atomic E-state index is -0.389. The fourth-order valence-electron chi connectivity index (χ4n) is 2.00. The highest BCUT2D eigenvalue weighted by Crippen LogP contribution is 2.17. The van der Waals surface area contributed by atoms with E-state index in [9.17, 15) is 9.59 Å². The van der Waals surface area contributed by atoms with Crippen LogP contribution in [0.25, 0.3) is 16.7 Å². The summed E-state index contributed by atoms with van der Waals surface area (Å²) in [4.78, 5) is 27.9. The summed E-state index contributed by atoms with van der Waals surface area (Å²) in [5, 5.41) is 5.04. The third-order valence-electron chi connectivity index (χ3n) is 3.11. The van der Waals surface area contributed by atoms with Crippen LogP contribution in [0.1, 0.15) is 13.3 Å². The van der Waals surface area contributed by atoms with Gasteiger partial charge in [0.15, 0.2) is 5.65 Å². The van der Waals surface area contributed by atoms with Gasteiger partial charge in [-0.05, 0) is 18.2 Å². The molecule has 112 valence electrons. The molecule has 0 aliphatic heterocycles. The number of nitrogens with one attached hydrogen (secondary N) is 1. The van der Waals surface area contributed by atoms with Crippen LogP contribution >= 0.6 is 11.6 Å². The molecular formula is C14H12ClN5O2. The van der Waals surface area contributed by atoms with E-state index in [-0.39, 0.29) is 17.9 Å². The van der Waals surface area contributed by atoms with Crippen LogP contribution in [0.4, 0.5) is 0 Å². The third-order valence-corrected chi connectivity index (χ3v) is 3.34. The van der Waals surface area contributed by atoms with E-state index < -0.39 is 0 Å². The lowest BCUT2D eigenvalue weighted by atomic mass is 10.3. The van der Waals surface area contributed by atoms with Gasteiger partial charge in [0.05, 0.1) is 11.9 Å². The highest BCUT2D eigenvalue weighted by atomic mass is 35.5. The standard InChI is InChI=1S/C14H12ClN5O2/c1-2-12(21)18-19-8-16-13-11(14(19)22)7-17-20(13)10-5-3-4-9(15)6-10/h3-8H,2H2,1H3,(H,18,21). The van der Waals surface area contributed by atoms with E-state index in [1.807, 2.05) is 6.07 Å². The van der Waals surface area contributed by atoms with E-state index in [1.165, 1.54) is 17.2 Å². The van der Waals surface area contributed by atoms with Crippen LogP contribution in [0.3, 0.4) is 0 Å². The molecule has 0 unspecified atom stereocenters. The summed E-state index contributed by atoms with van der Waals surface area (Å²) in [6, 6.07) is 7.07. The second-order valence-electron chi connectivity index (χ2n) is 4.58. The van der Waals surface area contributed by atoms with E-state index in [4.69, 9.17) is 11.6 Å². The Morgan fingerprint density at radius 2 is 2.23 bits per heavy atom. The second-order valence-corrected chi connectivity index (χ2v) is 5.02. The molecule has 0 bridgehead atoms. The van der Waals surface area contributed by atoms with Crippen molar-refractivity contribution in [2.24, 2.45) is 0 Å². The van der Waals surface area contributed by atoms with E-state index in [2.05, 4.69) is 15.5 Å². The molecule has 1 amide bonds. The van der Waals surface area contributed by atoms with Crippen molar-refractivity contribution in [3.8, 4) is 5.69 Å². The van der Waals surface area contributed by atoms with Crippen LogP contribution in [-0.4, -0.2) is 25.3 Å². The summed E-state index contributed by atoms with van der Waals surface area (Å²) in [5.41, 5.74) is 3.16. The molecule has 0 aliphatic rings. The van der Waals surface area contributed by atoms with Gasteiger partial charge in [-0.3, -0.25) is 15.0 Å². The minimum Gasteiger partial charge on any atom is -0.273 e. The van der Waals surface area contributed by atoms with Crippen molar-refractivity contribution in [2.75, 3.05) is 5.43 Å². The topological polar surface area (TPSA) is 81.8 Å². The van der Waals surface area contributed by atoms with Gasteiger partial charge in [-0.25, -0.2) is 14.3 Å². The molecule has 7 nitrogen and oxygen atoms in total. The number of hydrogen-bond donors (Lipinski definition) is 1. The Hall–Kier alpha value is -2.67. The smallest absolute Gasteiger partial charge is 0.273 e. The van der Waals surface area contributed by atoms with Crippen molar-refractivity contribution >= 4 is 28.5 Å². The first-order chi connectivity index (χ1) is 10.6. The lowest BCUT2D eigenvalue weighted by molar-refractivity contribution is -0.116. The van der Waals surface area contributed by atoms with E-state index in [0.717, 1.165) is 4.68 Å². The number of benzene rings is 1. The van der Waals surface area contributed by atoms with Crippen LogP contribution < -0.4 is 11.0 Å². The van der Waals surface area contributed by atoms with Crippen molar-refractivity contribution in [1.29, 1.82) is 0 Å². The van der Waals surface area contributed by atoms with Crippen LogP contribution in [0, 0.1) is 0 Å². The summed E-state index contributed by atoms with van der Waals surface area (Å²) in [5.74, 6) is -0.273. The molecule has 8 heteroatoms. The van der Waals surface area contributed by atoms with Crippen molar-refractivity contribution in [3.63, 3.8) is 0 Å². The maximum absolute atomic E-state index is 12.3. The molecule has 2 heterocycles. The molecule has 0 radical (unpaired) electrons. The highest BCUT2D eigenvalue weighted by Gasteiger charge is 2.12. The first-order valence-electron chi connectivity index (χ1n) is 6.61. The van der Waals surface area contributed by atoms with Crippen molar-refractivity contribution in [3.05, 3.63) is 52.2 Å². The maximum atomic E-state index is 12.3. The van der Waals surface area contributed by atoms with Crippen LogP contribution in [0.2, 0.25) is 5.02 Å². The molecular weight excluding hydrogens is 306 g/mol. The molecule has 22 heavy (non-hydrogen) atoms. The van der Waals surface area contributed by atoms with Gasteiger partial charge in [0.25, 0.3) is 5.56 Å². The van der Waals surface area contributed by atoms with Gasteiger partial charge in [0, 0.05) is 11.4 Å². The predicted molar refractivity (Wildman–Crippen MR) is 82.8 cm³/mol.